The third-order valence-corrected chi connectivity index (χ3v) is 5.26. The zero-order chi connectivity index (χ0) is 22.1. The molecule has 0 radical (unpaired) electrons. The maximum absolute atomic E-state index is 10.9. The summed E-state index contributed by atoms with van der Waals surface area (Å²) in [5, 5.41) is 21.9. The molecule has 0 atom stereocenters. The summed E-state index contributed by atoms with van der Waals surface area (Å²) in [7, 11) is 0. The Morgan fingerprint density at radius 3 is 2.33 bits per heavy atom. The lowest BCUT2D eigenvalue weighted by Gasteiger charge is -2.27. The number of aliphatic hydroxyl groups excluding tert-OH is 1. The molecule has 158 valence electrons. The number of benzene rings is 2. The number of aliphatic imine (C=N–C) groups is 1. The van der Waals surface area contributed by atoms with Crippen LogP contribution in [-0.2, 0) is 10.8 Å². The number of nitrogens with zero attached hydrogens (tertiary/aromatic N) is 2. The van der Waals surface area contributed by atoms with Crippen molar-refractivity contribution in [2.45, 2.75) is 52.4 Å². The van der Waals surface area contributed by atoms with E-state index in [0.29, 0.717) is 11.3 Å². The van der Waals surface area contributed by atoms with E-state index in [2.05, 4.69) is 52.6 Å². The molecule has 4 heteroatoms. The summed E-state index contributed by atoms with van der Waals surface area (Å²) in [6.45, 7) is 12.5. The summed E-state index contributed by atoms with van der Waals surface area (Å²) in [6, 6.07) is 14.1. The van der Waals surface area contributed by atoms with Gasteiger partial charge in [0.15, 0.2) is 0 Å². The summed E-state index contributed by atoms with van der Waals surface area (Å²) in [4.78, 5) is 4.51. The average molecular weight is 405 g/mol. The van der Waals surface area contributed by atoms with E-state index in [4.69, 9.17) is 0 Å². The Bertz CT molecular complexity index is 1110. The van der Waals surface area contributed by atoms with Gasteiger partial charge in [-0.05, 0) is 40.0 Å². The van der Waals surface area contributed by atoms with Crippen LogP contribution in [0, 0.1) is 0 Å². The Hall–Kier alpha value is -2.85. The molecular weight excluding hydrogens is 372 g/mol. The van der Waals surface area contributed by atoms with Crippen LogP contribution in [0.25, 0.3) is 17.1 Å². The number of fused-ring (bicyclic) bond motifs is 1. The second-order valence-corrected chi connectivity index (χ2v) is 9.78. The van der Waals surface area contributed by atoms with Crippen molar-refractivity contribution in [3.63, 3.8) is 0 Å². The molecule has 0 saturated heterocycles. The predicted molar refractivity (Wildman–Crippen MR) is 126 cm³/mol. The summed E-state index contributed by atoms with van der Waals surface area (Å²) >= 11 is 0. The lowest BCUT2D eigenvalue weighted by Crippen LogP contribution is -2.17. The van der Waals surface area contributed by atoms with Gasteiger partial charge in [-0.15, -0.1) is 0 Å². The zero-order valence-corrected chi connectivity index (χ0v) is 18.8. The van der Waals surface area contributed by atoms with Crippen molar-refractivity contribution in [3.05, 3.63) is 71.0 Å². The van der Waals surface area contributed by atoms with Crippen molar-refractivity contribution < 1.29 is 10.2 Å². The number of para-hydroxylation sites is 1. The number of phenolic OH excluding ortho intramolecular Hbond substituents is 1. The highest BCUT2D eigenvalue weighted by molar-refractivity contribution is 5.86. The quantitative estimate of drug-likeness (QED) is 0.536. The molecule has 4 nitrogen and oxygen atoms in total. The van der Waals surface area contributed by atoms with Crippen molar-refractivity contribution >= 4 is 23.3 Å². The third kappa shape index (κ3) is 4.65. The van der Waals surface area contributed by atoms with Crippen molar-refractivity contribution in [2.24, 2.45) is 4.99 Å². The molecule has 3 rings (SSSR count). The van der Waals surface area contributed by atoms with Gasteiger partial charge in [-0.1, -0.05) is 65.8 Å². The number of aromatic hydroxyl groups is 1. The van der Waals surface area contributed by atoms with E-state index in [1.807, 2.05) is 53.4 Å². The van der Waals surface area contributed by atoms with Gasteiger partial charge in [0.1, 0.15) is 5.75 Å². The van der Waals surface area contributed by atoms with Crippen LogP contribution in [-0.4, -0.2) is 27.6 Å². The molecule has 0 saturated carbocycles. The lowest BCUT2D eigenvalue weighted by atomic mass is 9.79. The molecule has 0 unspecified atom stereocenters. The fourth-order valence-electron chi connectivity index (χ4n) is 3.41. The predicted octanol–water partition coefficient (Wildman–Crippen LogP) is 5.85. The number of aliphatic hydroxyl groups is 1. The molecular formula is C26H32N2O2. The molecule has 0 aliphatic carbocycles. The number of rotatable bonds is 4. The second kappa shape index (κ2) is 8.11. The Kier molecular flexibility index (Phi) is 5.91. The molecule has 3 aromatic rings. The molecule has 2 N–H and O–H groups in total. The van der Waals surface area contributed by atoms with Gasteiger partial charge in [-0.2, -0.15) is 0 Å². The minimum absolute atomic E-state index is 0.0595. The SMILES string of the molecule is CC(C)(C)c1cc(C=N/C(=C/n2ccc3ccccc32)CO)c(O)c(C(C)(C)C)c1. The first kappa shape index (κ1) is 21.8. The topological polar surface area (TPSA) is 57.8 Å². The van der Waals surface area contributed by atoms with Gasteiger partial charge in [0, 0.05) is 29.7 Å². The summed E-state index contributed by atoms with van der Waals surface area (Å²) in [6.07, 6.45) is 5.41. The number of phenols is 1. The first-order chi connectivity index (χ1) is 14.0. The third-order valence-electron chi connectivity index (χ3n) is 5.26. The van der Waals surface area contributed by atoms with Crippen LogP contribution in [0.5, 0.6) is 5.75 Å². The highest BCUT2D eigenvalue weighted by Crippen LogP contribution is 2.37. The van der Waals surface area contributed by atoms with E-state index in [-0.39, 0.29) is 23.2 Å². The Morgan fingerprint density at radius 2 is 1.70 bits per heavy atom. The van der Waals surface area contributed by atoms with Crippen molar-refractivity contribution in [3.8, 4) is 5.75 Å². The molecule has 2 aromatic carbocycles. The molecule has 1 aromatic heterocycles. The van der Waals surface area contributed by atoms with Gasteiger partial charge in [0.05, 0.1) is 17.8 Å². The monoisotopic (exact) mass is 404 g/mol. The number of hydrogen-bond acceptors (Lipinski definition) is 3. The lowest BCUT2D eigenvalue weighted by molar-refractivity contribution is 0.331. The molecule has 30 heavy (non-hydrogen) atoms. The van der Waals surface area contributed by atoms with E-state index in [1.165, 1.54) is 0 Å². The second-order valence-electron chi connectivity index (χ2n) is 9.78. The van der Waals surface area contributed by atoms with E-state index < -0.39 is 0 Å². The minimum Gasteiger partial charge on any atom is -0.507 e. The fraction of sp³-hybridized carbons (Fsp3) is 0.346. The van der Waals surface area contributed by atoms with Crippen LogP contribution in [0.3, 0.4) is 0 Å². The van der Waals surface area contributed by atoms with Crippen LogP contribution >= 0.6 is 0 Å². The van der Waals surface area contributed by atoms with E-state index in [0.717, 1.165) is 22.0 Å². The normalized spacial score (nSPS) is 13.5. The summed E-state index contributed by atoms with van der Waals surface area (Å²) < 4.78 is 1.95. The highest BCUT2D eigenvalue weighted by atomic mass is 16.3. The number of hydrogen-bond donors (Lipinski definition) is 2. The summed E-state index contributed by atoms with van der Waals surface area (Å²) in [5.74, 6) is 0.239. The first-order valence-corrected chi connectivity index (χ1v) is 10.3. The molecule has 0 amide bonds. The molecule has 0 aliphatic heterocycles. The van der Waals surface area contributed by atoms with E-state index >= 15 is 0 Å². The highest BCUT2D eigenvalue weighted by Gasteiger charge is 2.24. The standard InChI is InChI=1S/C26H32N2O2/c1-25(2,3)20-13-19(24(30)22(14-20)26(4,5)6)15-27-21(17-29)16-28-12-11-18-9-7-8-10-23(18)28/h7-16,29-30H,17H2,1-6H3/b21-16+,27-15?. The van der Waals surface area contributed by atoms with Gasteiger partial charge in [-0.3, -0.25) is 4.99 Å². The van der Waals surface area contributed by atoms with Crippen LogP contribution in [0.4, 0.5) is 0 Å². The van der Waals surface area contributed by atoms with Crippen molar-refractivity contribution in [1.82, 2.24) is 4.57 Å². The zero-order valence-electron chi connectivity index (χ0n) is 18.8. The van der Waals surface area contributed by atoms with Crippen LogP contribution in [0.2, 0.25) is 0 Å². The molecule has 0 fully saturated rings. The maximum atomic E-state index is 10.9. The van der Waals surface area contributed by atoms with Gasteiger partial charge >= 0.3 is 0 Å². The van der Waals surface area contributed by atoms with Crippen LogP contribution < -0.4 is 0 Å². The average Bonchev–Trinajstić information content (AvgIpc) is 3.07. The molecule has 1 heterocycles. The fourth-order valence-corrected chi connectivity index (χ4v) is 3.41. The molecule has 0 aliphatic rings. The van der Waals surface area contributed by atoms with Crippen molar-refractivity contribution in [1.29, 1.82) is 0 Å². The molecule has 0 bridgehead atoms. The van der Waals surface area contributed by atoms with Crippen molar-refractivity contribution in [2.75, 3.05) is 6.61 Å². The largest absolute Gasteiger partial charge is 0.507 e. The Balaban J connectivity index is 2.05. The Labute approximate surface area is 179 Å². The Morgan fingerprint density at radius 1 is 1.00 bits per heavy atom. The summed E-state index contributed by atoms with van der Waals surface area (Å²) in [5.41, 5.74) is 3.98. The van der Waals surface area contributed by atoms with Gasteiger partial charge in [0.25, 0.3) is 0 Å². The minimum atomic E-state index is -0.201. The van der Waals surface area contributed by atoms with Crippen LogP contribution in [0.1, 0.15) is 58.2 Å². The van der Waals surface area contributed by atoms with Crippen LogP contribution in [0.15, 0.2) is 59.4 Å². The maximum Gasteiger partial charge on any atom is 0.128 e. The smallest absolute Gasteiger partial charge is 0.128 e. The first-order valence-electron chi connectivity index (χ1n) is 10.3. The number of aromatic nitrogens is 1. The van der Waals surface area contributed by atoms with Gasteiger partial charge in [-0.25, -0.2) is 0 Å². The van der Waals surface area contributed by atoms with Gasteiger partial charge < -0.3 is 14.8 Å². The van der Waals surface area contributed by atoms with Gasteiger partial charge in [0.2, 0.25) is 0 Å². The van der Waals surface area contributed by atoms with E-state index in [1.54, 1.807) is 6.21 Å². The van der Waals surface area contributed by atoms with E-state index in [9.17, 15) is 10.2 Å². The molecule has 0 spiro atoms.